The van der Waals surface area contributed by atoms with E-state index >= 15 is 0 Å². The van der Waals surface area contributed by atoms with Gasteiger partial charge in [-0.05, 0) is 40.2 Å². The molecule has 0 radical (unpaired) electrons. The van der Waals surface area contributed by atoms with Crippen LogP contribution in [0, 0.1) is 0 Å². The van der Waals surface area contributed by atoms with Gasteiger partial charge < -0.3 is 4.42 Å². The van der Waals surface area contributed by atoms with Gasteiger partial charge in [0.2, 0.25) is 0 Å². The second-order valence-corrected chi connectivity index (χ2v) is 5.10. The molecule has 1 unspecified atom stereocenters. The van der Waals surface area contributed by atoms with Crippen molar-refractivity contribution in [3.63, 3.8) is 0 Å². The summed E-state index contributed by atoms with van der Waals surface area (Å²) in [5.41, 5.74) is 4.40. The van der Waals surface area contributed by atoms with E-state index in [1.807, 2.05) is 42.5 Å². The molecule has 0 fully saturated rings. The van der Waals surface area contributed by atoms with Crippen LogP contribution >= 0.6 is 15.9 Å². The average molecular weight is 318 g/mol. The lowest BCUT2D eigenvalue weighted by atomic mass is 10.1. The molecule has 3 rings (SSSR count). The van der Waals surface area contributed by atoms with Crippen LogP contribution in [0.5, 0.6) is 0 Å². The van der Waals surface area contributed by atoms with Crippen molar-refractivity contribution in [1.82, 2.24) is 10.4 Å². The predicted octanol–water partition coefficient (Wildman–Crippen LogP) is 3.14. The van der Waals surface area contributed by atoms with Crippen molar-refractivity contribution < 1.29 is 4.42 Å². The van der Waals surface area contributed by atoms with E-state index in [2.05, 4.69) is 26.3 Å². The maximum absolute atomic E-state index is 5.81. The van der Waals surface area contributed by atoms with E-state index in [9.17, 15) is 0 Å². The van der Waals surface area contributed by atoms with Crippen molar-refractivity contribution in [2.75, 3.05) is 0 Å². The zero-order valence-electron chi connectivity index (χ0n) is 10.0. The summed E-state index contributed by atoms with van der Waals surface area (Å²) >= 11 is 3.36. The average Bonchev–Trinajstić information content (AvgIpc) is 2.85. The first-order chi connectivity index (χ1) is 9.28. The van der Waals surface area contributed by atoms with Crippen LogP contribution < -0.4 is 11.3 Å². The Labute approximate surface area is 118 Å². The largest absolute Gasteiger partial charge is 0.459 e. The van der Waals surface area contributed by atoms with Crippen LogP contribution in [-0.2, 0) is 0 Å². The minimum absolute atomic E-state index is 0.263. The van der Waals surface area contributed by atoms with Crippen LogP contribution in [0.3, 0.4) is 0 Å². The second kappa shape index (κ2) is 5.13. The van der Waals surface area contributed by atoms with Gasteiger partial charge in [-0.3, -0.25) is 10.8 Å². The first-order valence-corrected chi connectivity index (χ1v) is 6.63. The van der Waals surface area contributed by atoms with Crippen molar-refractivity contribution in [3.8, 4) is 0 Å². The topological polar surface area (TPSA) is 64.1 Å². The lowest BCUT2D eigenvalue weighted by Gasteiger charge is -2.12. The Hall–Kier alpha value is -1.69. The molecule has 1 aromatic carbocycles. The van der Waals surface area contributed by atoms with E-state index in [0.717, 1.165) is 26.9 Å². The Morgan fingerprint density at radius 2 is 2.05 bits per heavy atom. The van der Waals surface area contributed by atoms with E-state index in [-0.39, 0.29) is 6.04 Å². The molecule has 3 N–H and O–H groups in total. The highest BCUT2D eigenvalue weighted by Gasteiger charge is 2.18. The van der Waals surface area contributed by atoms with Gasteiger partial charge in [-0.1, -0.05) is 18.2 Å². The molecule has 0 bridgehead atoms. The third-order valence-corrected chi connectivity index (χ3v) is 3.41. The van der Waals surface area contributed by atoms with Gasteiger partial charge in [0.15, 0.2) is 0 Å². The molecule has 0 aliphatic rings. The van der Waals surface area contributed by atoms with Gasteiger partial charge in [-0.2, -0.15) is 0 Å². The number of fused-ring (bicyclic) bond motifs is 1. The smallest absolute Gasteiger partial charge is 0.134 e. The van der Waals surface area contributed by atoms with Crippen molar-refractivity contribution in [2.45, 2.75) is 6.04 Å². The number of hydrogen-bond donors (Lipinski definition) is 2. The van der Waals surface area contributed by atoms with Crippen molar-refractivity contribution in [3.05, 3.63) is 64.6 Å². The van der Waals surface area contributed by atoms with Gasteiger partial charge in [-0.25, -0.2) is 5.43 Å². The number of halogens is 1. The number of nitrogens with one attached hydrogen (secondary N) is 1. The summed E-state index contributed by atoms with van der Waals surface area (Å²) in [6, 6.07) is 13.4. The maximum Gasteiger partial charge on any atom is 0.134 e. The van der Waals surface area contributed by atoms with Crippen molar-refractivity contribution in [2.24, 2.45) is 5.84 Å². The van der Waals surface area contributed by atoms with E-state index in [4.69, 9.17) is 10.3 Å². The first-order valence-electron chi connectivity index (χ1n) is 5.84. The Bertz CT molecular complexity index is 660. The van der Waals surface area contributed by atoms with Crippen LogP contribution in [0.15, 0.2) is 57.6 Å². The summed E-state index contributed by atoms with van der Waals surface area (Å²) in [6.07, 6.45) is 1.74. The highest BCUT2D eigenvalue weighted by molar-refractivity contribution is 9.10. The molecule has 1 atom stereocenters. The zero-order valence-corrected chi connectivity index (χ0v) is 11.6. The quantitative estimate of drug-likeness (QED) is 0.575. The van der Waals surface area contributed by atoms with Crippen LogP contribution in [0.1, 0.15) is 17.5 Å². The van der Waals surface area contributed by atoms with Crippen LogP contribution in [0.2, 0.25) is 0 Å². The molecule has 96 valence electrons. The second-order valence-electron chi connectivity index (χ2n) is 4.19. The fourth-order valence-electron chi connectivity index (χ4n) is 2.02. The lowest BCUT2D eigenvalue weighted by Crippen LogP contribution is -2.29. The SMILES string of the molecule is NNC(c1ccc(Br)cn1)c1cc2ccccc2o1. The third kappa shape index (κ3) is 2.40. The normalized spacial score (nSPS) is 12.7. The Kier molecular flexibility index (Phi) is 3.33. The first kappa shape index (κ1) is 12.3. The summed E-state index contributed by atoms with van der Waals surface area (Å²) in [7, 11) is 0. The highest BCUT2D eigenvalue weighted by atomic mass is 79.9. The summed E-state index contributed by atoms with van der Waals surface area (Å²) in [5.74, 6) is 6.38. The number of aromatic nitrogens is 1. The minimum atomic E-state index is -0.263. The summed E-state index contributed by atoms with van der Waals surface area (Å²) in [4.78, 5) is 4.35. The Morgan fingerprint density at radius 3 is 2.74 bits per heavy atom. The summed E-state index contributed by atoms with van der Waals surface area (Å²) < 4.78 is 6.74. The molecule has 0 spiro atoms. The Morgan fingerprint density at radius 1 is 1.21 bits per heavy atom. The third-order valence-electron chi connectivity index (χ3n) is 2.94. The molecule has 0 saturated carbocycles. The number of hydrogen-bond acceptors (Lipinski definition) is 4. The fraction of sp³-hybridized carbons (Fsp3) is 0.0714. The molecule has 2 aromatic heterocycles. The number of pyridine rings is 1. The molecule has 0 amide bonds. The number of para-hydroxylation sites is 1. The number of hydrazine groups is 1. The van der Waals surface area contributed by atoms with E-state index in [1.165, 1.54) is 0 Å². The number of furan rings is 1. The molecule has 19 heavy (non-hydrogen) atoms. The van der Waals surface area contributed by atoms with Gasteiger partial charge in [0.1, 0.15) is 17.4 Å². The molecule has 4 nitrogen and oxygen atoms in total. The lowest BCUT2D eigenvalue weighted by molar-refractivity contribution is 0.471. The molecular weight excluding hydrogens is 306 g/mol. The zero-order chi connectivity index (χ0) is 13.2. The minimum Gasteiger partial charge on any atom is -0.459 e. The Balaban J connectivity index is 2.04. The molecular formula is C14H12BrN3O. The van der Waals surface area contributed by atoms with E-state index in [0.29, 0.717) is 0 Å². The standard InChI is InChI=1S/C14H12BrN3O/c15-10-5-6-11(17-8-10)14(18-16)13-7-9-3-1-2-4-12(9)19-13/h1-8,14,18H,16H2. The number of benzene rings is 1. The molecule has 3 aromatic rings. The molecule has 5 heteroatoms. The van der Waals surface area contributed by atoms with Gasteiger partial charge in [0.05, 0.1) is 5.69 Å². The molecule has 0 saturated heterocycles. The molecule has 2 heterocycles. The highest BCUT2D eigenvalue weighted by Crippen LogP contribution is 2.27. The molecule has 0 aliphatic heterocycles. The number of nitrogens with zero attached hydrogens (tertiary/aromatic N) is 1. The number of rotatable bonds is 3. The maximum atomic E-state index is 5.81. The van der Waals surface area contributed by atoms with Gasteiger partial charge >= 0.3 is 0 Å². The monoisotopic (exact) mass is 317 g/mol. The fourth-order valence-corrected chi connectivity index (χ4v) is 2.25. The van der Waals surface area contributed by atoms with Gasteiger partial charge in [0, 0.05) is 16.1 Å². The van der Waals surface area contributed by atoms with Crippen molar-refractivity contribution in [1.29, 1.82) is 0 Å². The van der Waals surface area contributed by atoms with Crippen molar-refractivity contribution >= 4 is 26.9 Å². The number of nitrogens with two attached hydrogens (primary N) is 1. The van der Waals surface area contributed by atoms with E-state index < -0.39 is 0 Å². The summed E-state index contributed by atoms with van der Waals surface area (Å²) in [5, 5.41) is 1.05. The van der Waals surface area contributed by atoms with Gasteiger partial charge in [-0.15, -0.1) is 0 Å². The van der Waals surface area contributed by atoms with Gasteiger partial charge in [0.25, 0.3) is 0 Å². The van der Waals surface area contributed by atoms with E-state index in [1.54, 1.807) is 6.20 Å². The molecule has 0 aliphatic carbocycles. The van der Waals surface area contributed by atoms with Crippen LogP contribution in [-0.4, -0.2) is 4.98 Å². The summed E-state index contributed by atoms with van der Waals surface area (Å²) in [6.45, 7) is 0. The predicted molar refractivity (Wildman–Crippen MR) is 77.3 cm³/mol. The van der Waals surface area contributed by atoms with Crippen LogP contribution in [0.25, 0.3) is 11.0 Å². The van der Waals surface area contributed by atoms with Crippen LogP contribution in [0.4, 0.5) is 0 Å².